The first kappa shape index (κ1) is 14.9. The summed E-state index contributed by atoms with van der Waals surface area (Å²) >= 11 is 1.85. The summed E-state index contributed by atoms with van der Waals surface area (Å²) in [5, 5.41) is 0. The Morgan fingerprint density at radius 2 is 1.89 bits per heavy atom. The number of thioether (sulfide) groups is 1. The molecule has 2 rings (SSSR count). The summed E-state index contributed by atoms with van der Waals surface area (Å²) in [6, 6.07) is 8.34. The van der Waals surface area contributed by atoms with Gasteiger partial charge in [-0.1, -0.05) is 12.1 Å². The van der Waals surface area contributed by atoms with Crippen LogP contribution in [0.3, 0.4) is 0 Å². The standard InChI is InChI=1S/C15H22O3S/c1-11-4-7-13(18-11)10-19-14-8-5-12(6-9-14)15(16-2)17-3/h5-6,8-9,11,13,15H,4,7,10H2,1-3H3. The minimum atomic E-state index is -0.280. The van der Waals surface area contributed by atoms with Crippen LogP contribution < -0.4 is 0 Å². The quantitative estimate of drug-likeness (QED) is 0.588. The fourth-order valence-corrected chi connectivity index (χ4v) is 3.24. The number of methoxy groups -OCH3 is 2. The molecule has 106 valence electrons. The van der Waals surface area contributed by atoms with Crippen molar-refractivity contribution < 1.29 is 14.2 Å². The van der Waals surface area contributed by atoms with Crippen LogP contribution in [0.2, 0.25) is 0 Å². The van der Waals surface area contributed by atoms with Gasteiger partial charge in [-0.05, 0) is 31.9 Å². The summed E-state index contributed by atoms with van der Waals surface area (Å²) in [7, 11) is 3.30. The van der Waals surface area contributed by atoms with Crippen molar-refractivity contribution in [2.45, 2.75) is 43.2 Å². The third-order valence-corrected chi connectivity index (χ3v) is 4.48. The lowest BCUT2D eigenvalue weighted by molar-refractivity contribution is -0.106. The van der Waals surface area contributed by atoms with Gasteiger partial charge in [0.05, 0.1) is 12.2 Å². The largest absolute Gasteiger partial charge is 0.374 e. The molecule has 3 nitrogen and oxygen atoms in total. The molecule has 1 aromatic carbocycles. The summed E-state index contributed by atoms with van der Waals surface area (Å²) in [6.45, 7) is 2.15. The van der Waals surface area contributed by atoms with Crippen LogP contribution >= 0.6 is 11.8 Å². The highest BCUT2D eigenvalue weighted by molar-refractivity contribution is 7.99. The van der Waals surface area contributed by atoms with Gasteiger partial charge in [0.2, 0.25) is 0 Å². The predicted molar refractivity (Wildman–Crippen MR) is 77.5 cm³/mol. The van der Waals surface area contributed by atoms with Gasteiger partial charge in [-0.2, -0.15) is 0 Å². The van der Waals surface area contributed by atoms with Crippen LogP contribution in [-0.4, -0.2) is 32.2 Å². The Kier molecular flexibility index (Phi) is 5.70. The second kappa shape index (κ2) is 7.29. The van der Waals surface area contributed by atoms with Gasteiger partial charge in [-0.3, -0.25) is 0 Å². The molecule has 1 aliphatic rings. The summed E-state index contributed by atoms with van der Waals surface area (Å²) in [5.41, 5.74) is 1.04. The van der Waals surface area contributed by atoms with Crippen LogP contribution in [0, 0.1) is 0 Å². The Morgan fingerprint density at radius 3 is 2.42 bits per heavy atom. The molecular weight excluding hydrogens is 260 g/mol. The van der Waals surface area contributed by atoms with Crippen molar-refractivity contribution in [1.29, 1.82) is 0 Å². The molecule has 1 aliphatic heterocycles. The smallest absolute Gasteiger partial charge is 0.183 e. The molecule has 0 N–H and O–H groups in total. The zero-order valence-corrected chi connectivity index (χ0v) is 12.6. The molecule has 0 aromatic heterocycles. The van der Waals surface area contributed by atoms with E-state index in [0.717, 1.165) is 11.3 Å². The zero-order valence-electron chi connectivity index (χ0n) is 11.8. The molecule has 2 unspecified atom stereocenters. The Bertz CT molecular complexity index is 375. The first-order valence-electron chi connectivity index (χ1n) is 6.66. The highest BCUT2D eigenvalue weighted by Crippen LogP contribution is 2.27. The molecule has 0 saturated carbocycles. The molecule has 0 amide bonds. The first-order chi connectivity index (χ1) is 9.22. The fourth-order valence-electron chi connectivity index (χ4n) is 2.29. The highest BCUT2D eigenvalue weighted by atomic mass is 32.2. The van der Waals surface area contributed by atoms with Crippen LogP contribution in [0.4, 0.5) is 0 Å². The average molecular weight is 282 g/mol. The van der Waals surface area contributed by atoms with Crippen molar-refractivity contribution in [2.75, 3.05) is 20.0 Å². The third kappa shape index (κ3) is 4.21. The number of hydrogen-bond acceptors (Lipinski definition) is 4. The molecule has 4 heteroatoms. The summed E-state index contributed by atoms with van der Waals surface area (Å²) in [4.78, 5) is 1.26. The van der Waals surface area contributed by atoms with Crippen molar-refractivity contribution in [2.24, 2.45) is 0 Å². The van der Waals surface area contributed by atoms with E-state index in [1.807, 2.05) is 11.8 Å². The van der Waals surface area contributed by atoms with Crippen LogP contribution in [-0.2, 0) is 14.2 Å². The molecule has 1 saturated heterocycles. The van der Waals surface area contributed by atoms with E-state index in [4.69, 9.17) is 14.2 Å². The van der Waals surface area contributed by atoms with Crippen LogP contribution in [0.5, 0.6) is 0 Å². The molecule has 0 spiro atoms. The summed E-state index contributed by atoms with van der Waals surface area (Å²) in [6.07, 6.45) is 2.93. The van der Waals surface area contributed by atoms with E-state index in [1.165, 1.54) is 17.7 Å². The number of rotatable bonds is 6. The topological polar surface area (TPSA) is 27.7 Å². The minimum Gasteiger partial charge on any atom is -0.374 e. The van der Waals surface area contributed by atoms with Gasteiger partial charge in [0.25, 0.3) is 0 Å². The van der Waals surface area contributed by atoms with E-state index in [-0.39, 0.29) is 6.29 Å². The normalized spacial score (nSPS) is 23.2. The molecule has 1 aromatic rings. The molecular formula is C15H22O3S. The monoisotopic (exact) mass is 282 g/mol. The first-order valence-corrected chi connectivity index (χ1v) is 7.65. The van der Waals surface area contributed by atoms with Gasteiger partial charge < -0.3 is 14.2 Å². The Labute approximate surface area is 119 Å². The van der Waals surface area contributed by atoms with E-state index in [1.54, 1.807) is 14.2 Å². The van der Waals surface area contributed by atoms with Crippen molar-refractivity contribution in [1.82, 2.24) is 0 Å². The SMILES string of the molecule is COC(OC)c1ccc(SCC2CCC(C)O2)cc1. The van der Waals surface area contributed by atoms with E-state index < -0.39 is 0 Å². The summed E-state index contributed by atoms with van der Waals surface area (Å²) < 4.78 is 16.3. The second-order valence-electron chi connectivity index (χ2n) is 4.83. The second-order valence-corrected chi connectivity index (χ2v) is 5.92. The number of benzene rings is 1. The molecule has 19 heavy (non-hydrogen) atoms. The molecule has 1 fully saturated rings. The molecule has 2 atom stereocenters. The highest BCUT2D eigenvalue weighted by Gasteiger charge is 2.21. The van der Waals surface area contributed by atoms with Gasteiger partial charge in [-0.25, -0.2) is 0 Å². The van der Waals surface area contributed by atoms with Gasteiger partial charge in [0.1, 0.15) is 0 Å². The Balaban J connectivity index is 1.84. The Hall–Kier alpha value is -0.550. The summed E-state index contributed by atoms with van der Waals surface area (Å²) in [5.74, 6) is 1.03. The van der Waals surface area contributed by atoms with Gasteiger partial charge in [-0.15, -0.1) is 11.8 Å². The Morgan fingerprint density at radius 1 is 1.21 bits per heavy atom. The maximum Gasteiger partial charge on any atom is 0.183 e. The van der Waals surface area contributed by atoms with Crippen molar-refractivity contribution in [3.05, 3.63) is 29.8 Å². The third-order valence-electron chi connectivity index (χ3n) is 3.34. The molecule has 0 bridgehead atoms. The average Bonchev–Trinajstić information content (AvgIpc) is 2.85. The fraction of sp³-hybridized carbons (Fsp3) is 0.600. The van der Waals surface area contributed by atoms with Gasteiger partial charge >= 0.3 is 0 Å². The molecule has 1 heterocycles. The van der Waals surface area contributed by atoms with Gasteiger partial charge in [0, 0.05) is 30.4 Å². The maximum absolute atomic E-state index is 5.82. The zero-order chi connectivity index (χ0) is 13.7. The maximum atomic E-state index is 5.82. The van der Waals surface area contributed by atoms with E-state index in [0.29, 0.717) is 12.2 Å². The van der Waals surface area contributed by atoms with Crippen LogP contribution in [0.15, 0.2) is 29.2 Å². The lowest BCUT2D eigenvalue weighted by atomic mass is 10.2. The van der Waals surface area contributed by atoms with Crippen molar-refractivity contribution in [3.8, 4) is 0 Å². The predicted octanol–water partition coefficient (Wildman–Crippen LogP) is 3.64. The number of ether oxygens (including phenoxy) is 3. The van der Waals surface area contributed by atoms with Crippen molar-refractivity contribution in [3.63, 3.8) is 0 Å². The lowest BCUT2D eigenvalue weighted by Gasteiger charge is -2.14. The van der Waals surface area contributed by atoms with E-state index >= 15 is 0 Å². The van der Waals surface area contributed by atoms with Crippen molar-refractivity contribution >= 4 is 11.8 Å². The lowest BCUT2D eigenvalue weighted by Crippen LogP contribution is -2.10. The number of hydrogen-bond donors (Lipinski definition) is 0. The molecule has 0 radical (unpaired) electrons. The molecule has 0 aliphatic carbocycles. The van der Waals surface area contributed by atoms with E-state index in [9.17, 15) is 0 Å². The van der Waals surface area contributed by atoms with Gasteiger partial charge in [0.15, 0.2) is 6.29 Å². The van der Waals surface area contributed by atoms with Crippen LogP contribution in [0.1, 0.15) is 31.6 Å². The minimum absolute atomic E-state index is 0.280. The van der Waals surface area contributed by atoms with Crippen LogP contribution in [0.25, 0.3) is 0 Å². The van der Waals surface area contributed by atoms with E-state index in [2.05, 4.69) is 31.2 Å².